The first-order valence-corrected chi connectivity index (χ1v) is 10.4. The molecule has 0 saturated carbocycles. The first-order valence-electron chi connectivity index (χ1n) is 10.4. The molecule has 0 heterocycles. The molecular weight excluding hydrogens is 276 g/mol. The Kier molecular flexibility index (Phi) is 14.2. The van der Waals surface area contributed by atoms with E-state index in [2.05, 4.69) is 43.4 Å². The fraction of sp³-hybridized carbons (Fsp3) is 0.739. The molecule has 0 aromatic heterocycles. The minimum atomic E-state index is 0.742. The third-order valence-corrected chi connectivity index (χ3v) is 4.88. The molecule has 0 amide bonds. The Morgan fingerprint density at radius 2 is 1.09 bits per heavy atom. The van der Waals surface area contributed by atoms with Crippen LogP contribution in [0.1, 0.15) is 103 Å². The summed E-state index contributed by atoms with van der Waals surface area (Å²) < 4.78 is 0. The van der Waals surface area contributed by atoms with Crippen molar-refractivity contribution in [3.8, 4) is 0 Å². The lowest BCUT2D eigenvalue weighted by Gasteiger charge is -2.04. The summed E-state index contributed by atoms with van der Waals surface area (Å²) in [4.78, 5) is 0. The van der Waals surface area contributed by atoms with E-state index in [-0.39, 0.29) is 0 Å². The lowest BCUT2D eigenvalue weighted by atomic mass is 10.0. The minimum absolute atomic E-state index is 0.742. The van der Waals surface area contributed by atoms with E-state index in [1.165, 1.54) is 96.3 Å². The largest absolute Gasteiger partial charge is 0.0885 e. The summed E-state index contributed by atoms with van der Waals surface area (Å²) in [6.45, 7) is 2.29. The lowest BCUT2D eigenvalue weighted by Crippen LogP contribution is -1.89. The van der Waals surface area contributed by atoms with Crippen molar-refractivity contribution < 1.29 is 0 Å². The third-order valence-electron chi connectivity index (χ3n) is 4.88. The van der Waals surface area contributed by atoms with Gasteiger partial charge >= 0.3 is 0 Å². The molecule has 1 aliphatic rings. The lowest BCUT2D eigenvalue weighted by molar-refractivity contribution is 0.560. The first-order chi connectivity index (χ1) is 11.4. The smallest absolute Gasteiger partial charge is 0.00473 e. The molecule has 0 bridgehead atoms. The van der Waals surface area contributed by atoms with Crippen LogP contribution in [0.3, 0.4) is 0 Å². The third kappa shape index (κ3) is 13.4. The highest BCUT2D eigenvalue weighted by atomic mass is 14.1. The average Bonchev–Trinajstić information content (AvgIpc) is 3.08. The van der Waals surface area contributed by atoms with Gasteiger partial charge in [-0.25, -0.2) is 0 Å². The van der Waals surface area contributed by atoms with E-state index < -0.39 is 0 Å². The molecule has 0 aromatic carbocycles. The van der Waals surface area contributed by atoms with Crippen molar-refractivity contribution in [1.82, 2.24) is 0 Å². The van der Waals surface area contributed by atoms with Gasteiger partial charge in [0.2, 0.25) is 0 Å². The summed E-state index contributed by atoms with van der Waals surface area (Å²) in [5, 5.41) is 0. The first kappa shape index (κ1) is 20.3. The van der Waals surface area contributed by atoms with Crippen molar-refractivity contribution in [1.29, 1.82) is 0 Å². The van der Waals surface area contributed by atoms with Crippen molar-refractivity contribution in [2.45, 2.75) is 103 Å². The van der Waals surface area contributed by atoms with Crippen molar-refractivity contribution >= 4 is 0 Å². The summed E-state index contributed by atoms with van der Waals surface area (Å²) >= 11 is 0. The standard InChI is InChI=1S/C23H40/c1-2-3-4-5-6-7-8-9-10-11-12-13-14-15-16-17-20-23-21-18-19-22-23/h9-10,18-19,21-23H,2-8,11-17,20H2,1H3/b10-9-. The van der Waals surface area contributed by atoms with E-state index in [0.29, 0.717) is 0 Å². The van der Waals surface area contributed by atoms with Crippen LogP contribution in [-0.4, -0.2) is 0 Å². The fourth-order valence-electron chi connectivity index (χ4n) is 3.30. The van der Waals surface area contributed by atoms with Crippen LogP contribution in [0.2, 0.25) is 0 Å². The molecular formula is C23H40. The number of unbranched alkanes of at least 4 members (excludes halogenated alkanes) is 12. The molecule has 0 nitrogen and oxygen atoms in total. The van der Waals surface area contributed by atoms with E-state index >= 15 is 0 Å². The number of hydrogen-bond acceptors (Lipinski definition) is 0. The van der Waals surface area contributed by atoms with Crippen molar-refractivity contribution in [2.75, 3.05) is 0 Å². The van der Waals surface area contributed by atoms with Gasteiger partial charge in [0.15, 0.2) is 0 Å². The average molecular weight is 317 g/mol. The van der Waals surface area contributed by atoms with Gasteiger partial charge in [-0.05, 0) is 38.0 Å². The minimum Gasteiger partial charge on any atom is -0.0885 e. The summed E-state index contributed by atoms with van der Waals surface area (Å²) in [5.74, 6) is 0.742. The molecule has 0 heteroatoms. The van der Waals surface area contributed by atoms with E-state index in [1.54, 1.807) is 0 Å². The Hall–Kier alpha value is -0.780. The summed E-state index contributed by atoms with van der Waals surface area (Å²) in [6, 6.07) is 0. The molecule has 1 rings (SSSR count). The van der Waals surface area contributed by atoms with Crippen LogP contribution in [0.15, 0.2) is 36.5 Å². The normalized spacial score (nSPS) is 14.5. The van der Waals surface area contributed by atoms with Gasteiger partial charge in [0, 0.05) is 0 Å². The van der Waals surface area contributed by atoms with Crippen LogP contribution in [0.4, 0.5) is 0 Å². The van der Waals surface area contributed by atoms with E-state index in [9.17, 15) is 0 Å². The molecule has 0 fully saturated rings. The highest BCUT2D eigenvalue weighted by Crippen LogP contribution is 2.18. The second-order valence-corrected chi connectivity index (χ2v) is 7.16. The second-order valence-electron chi connectivity index (χ2n) is 7.16. The molecule has 0 aliphatic heterocycles. The highest BCUT2D eigenvalue weighted by Gasteiger charge is 2.02. The predicted octanol–water partition coefficient (Wildman–Crippen LogP) is 8.16. The molecule has 0 atom stereocenters. The topological polar surface area (TPSA) is 0 Å². The van der Waals surface area contributed by atoms with E-state index in [0.717, 1.165) is 5.92 Å². The maximum atomic E-state index is 2.42. The maximum absolute atomic E-state index is 2.42. The van der Waals surface area contributed by atoms with E-state index in [4.69, 9.17) is 0 Å². The number of hydrogen-bond donors (Lipinski definition) is 0. The maximum Gasteiger partial charge on any atom is -0.00473 e. The van der Waals surface area contributed by atoms with Gasteiger partial charge < -0.3 is 0 Å². The van der Waals surface area contributed by atoms with Crippen molar-refractivity contribution in [2.24, 2.45) is 5.92 Å². The molecule has 132 valence electrons. The van der Waals surface area contributed by atoms with Gasteiger partial charge in [0.1, 0.15) is 0 Å². The molecule has 0 spiro atoms. The zero-order chi connectivity index (χ0) is 16.4. The van der Waals surface area contributed by atoms with Crippen LogP contribution in [0, 0.1) is 5.92 Å². The predicted molar refractivity (Wildman–Crippen MR) is 106 cm³/mol. The monoisotopic (exact) mass is 316 g/mol. The quantitative estimate of drug-likeness (QED) is 0.199. The van der Waals surface area contributed by atoms with Crippen LogP contribution in [0.25, 0.3) is 0 Å². The zero-order valence-electron chi connectivity index (χ0n) is 15.6. The fourth-order valence-corrected chi connectivity index (χ4v) is 3.30. The Morgan fingerprint density at radius 1 is 0.609 bits per heavy atom. The molecule has 0 saturated heterocycles. The molecule has 1 aliphatic carbocycles. The summed E-state index contributed by atoms with van der Waals surface area (Å²) in [7, 11) is 0. The molecule has 23 heavy (non-hydrogen) atoms. The van der Waals surface area contributed by atoms with Crippen LogP contribution in [0.5, 0.6) is 0 Å². The van der Waals surface area contributed by atoms with Gasteiger partial charge in [-0.2, -0.15) is 0 Å². The van der Waals surface area contributed by atoms with Crippen molar-refractivity contribution in [3.05, 3.63) is 36.5 Å². The van der Waals surface area contributed by atoms with Crippen LogP contribution >= 0.6 is 0 Å². The second kappa shape index (κ2) is 16.1. The molecule has 0 radical (unpaired) electrons. The van der Waals surface area contributed by atoms with Gasteiger partial charge in [-0.1, -0.05) is 108 Å². The molecule has 0 N–H and O–H groups in total. The Labute approximate surface area is 146 Å². The molecule has 0 aromatic rings. The Morgan fingerprint density at radius 3 is 1.65 bits per heavy atom. The Bertz CT molecular complexity index is 309. The Balaban J connectivity index is 1.71. The highest BCUT2D eigenvalue weighted by molar-refractivity contribution is 5.17. The zero-order valence-corrected chi connectivity index (χ0v) is 15.6. The summed E-state index contributed by atoms with van der Waals surface area (Å²) in [5.41, 5.74) is 0. The van der Waals surface area contributed by atoms with Gasteiger partial charge in [-0.3, -0.25) is 0 Å². The van der Waals surface area contributed by atoms with E-state index in [1.807, 2.05) is 0 Å². The van der Waals surface area contributed by atoms with Gasteiger partial charge in [0.25, 0.3) is 0 Å². The van der Waals surface area contributed by atoms with Crippen LogP contribution < -0.4 is 0 Å². The number of allylic oxidation sites excluding steroid dienone is 6. The van der Waals surface area contributed by atoms with Crippen molar-refractivity contribution in [3.63, 3.8) is 0 Å². The van der Waals surface area contributed by atoms with Gasteiger partial charge in [-0.15, -0.1) is 0 Å². The van der Waals surface area contributed by atoms with Crippen LogP contribution in [-0.2, 0) is 0 Å². The summed E-state index contributed by atoms with van der Waals surface area (Å²) in [6.07, 6.45) is 34.8. The molecule has 0 unspecified atom stereocenters. The number of rotatable bonds is 16. The SMILES string of the molecule is CCCCCCCC/C=C\CCCCCCCCC1C=CC=C1. The van der Waals surface area contributed by atoms with Gasteiger partial charge in [0.05, 0.1) is 0 Å².